The molecule has 0 aliphatic carbocycles. The summed E-state index contributed by atoms with van der Waals surface area (Å²) in [6.07, 6.45) is 1.05. The number of ether oxygens (including phenoxy) is 1. The Balaban J connectivity index is 1.78. The molecule has 21 heavy (non-hydrogen) atoms. The van der Waals surface area contributed by atoms with Crippen molar-refractivity contribution in [1.82, 2.24) is 9.97 Å². The van der Waals surface area contributed by atoms with Crippen LogP contribution in [0.5, 0.6) is 5.75 Å². The minimum atomic E-state index is 0.134. The summed E-state index contributed by atoms with van der Waals surface area (Å²) in [5.41, 5.74) is 2.12. The second-order valence-corrected chi connectivity index (χ2v) is 5.19. The predicted molar refractivity (Wildman–Crippen MR) is 83.9 cm³/mol. The van der Waals surface area contributed by atoms with E-state index in [0.717, 1.165) is 30.2 Å². The van der Waals surface area contributed by atoms with Gasteiger partial charge in [-0.15, -0.1) is 0 Å². The average molecular weight is 284 g/mol. The maximum absolute atomic E-state index is 5.69. The third-order valence-electron chi connectivity index (χ3n) is 3.41. The van der Waals surface area contributed by atoms with Gasteiger partial charge in [-0.3, -0.25) is 0 Å². The maximum Gasteiger partial charge on any atom is 0.224 e. The Morgan fingerprint density at radius 3 is 3.00 bits per heavy atom. The van der Waals surface area contributed by atoms with Gasteiger partial charge in [-0.25, -0.2) is 4.98 Å². The van der Waals surface area contributed by atoms with Crippen molar-refractivity contribution in [3.05, 3.63) is 41.6 Å². The van der Waals surface area contributed by atoms with Crippen molar-refractivity contribution < 1.29 is 4.74 Å². The smallest absolute Gasteiger partial charge is 0.224 e. The minimum absolute atomic E-state index is 0.134. The van der Waals surface area contributed by atoms with Crippen molar-refractivity contribution >= 4 is 11.8 Å². The Morgan fingerprint density at radius 2 is 2.14 bits per heavy atom. The summed E-state index contributed by atoms with van der Waals surface area (Å²) in [4.78, 5) is 8.92. The summed E-state index contributed by atoms with van der Waals surface area (Å²) >= 11 is 0. The molecular formula is C16H20N4O. The second-order valence-electron chi connectivity index (χ2n) is 5.19. The normalized spacial score (nSPS) is 16.2. The summed E-state index contributed by atoms with van der Waals surface area (Å²) in [6.45, 7) is 5.59. The monoisotopic (exact) mass is 284 g/mol. The van der Waals surface area contributed by atoms with E-state index in [2.05, 4.69) is 33.6 Å². The van der Waals surface area contributed by atoms with Crippen LogP contribution in [-0.4, -0.2) is 23.1 Å². The zero-order valence-corrected chi connectivity index (χ0v) is 12.4. The molecule has 2 aromatic rings. The number of rotatable bonds is 5. The number of nitrogens with one attached hydrogen (secondary N) is 2. The fraction of sp³-hybridized carbons (Fsp3) is 0.375. The van der Waals surface area contributed by atoms with E-state index >= 15 is 0 Å². The van der Waals surface area contributed by atoms with Crippen LogP contribution in [0.3, 0.4) is 0 Å². The molecule has 0 bridgehead atoms. The van der Waals surface area contributed by atoms with Crippen LogP contribution in [-0.2, 0) is 0 Å². The van der Waals surface area contributed by atoms with E-state index in [4.69, 9.17) is 4.74 Å². The highest BCUT2D eigenvalue weighted by atomic mass is 16.5. The van der Waals surface area contributed by atoms with Crippen LogP contribution in [0.1, 0.15) is 30.6 Å². The molecule has 2 heterocycles. The van der Waals surface area contributed by atoms with Crippen LogP contribution in [0.25, 0.3) is 0 Å². The number of para-hydroxylation sites is 1. The zero-order chi connectivity index (χ0) is 14.7. The summed E-state index contributed by atoms with van der Waals surface area (Å²) in [5.74, 6) is 2.45. The van der Waals surface area contributed by atoms with Crippen molar-refractivity contribution in [2.45, 2.75) is 26.3 Å². The van der Waals surface area contributed by atoms with Gasteiger partial charge in [0.1, 0.15) is 18.2 Å². The number of benzene rings is 1. The van der Waals surface area contributed by atoms with Crippen molar-refractivity contribution in [1.29, 1.82) is 0 Å². The highest BCUT2D eigenvalue weighted by Gasteiger charge is 2.23. The van der Waals surface area contributed by atoms with Gasteiger partial charge in [0.05, 0.1) is 6.04 Å². The van der Waals surface area contributed by atoms with Gasteiger partial charge in [0, 0.05) is 23.9 Å². The molecule has 110 valence electrons. The number of hydrogen-bond donors (Lipinski definition) is 2. The van der Waals surface area contributed by atoms with E-state index in [-0.39, 0.29) is 6.04 Å². The van der Waals surface area contributed by atoms with Crippen LogP contribution in [0, 0.1) is 6.92 Å². The first kappa shape index (κ1) is 13.7. The lowest BCUT2D eigenvalue weighted by atomic mass is 10.1. The van der Waals surface area contributed by atoms with E-state index in [0.29, 0.717) is 12.6 Å². The molecule has 0 saturated heterocycles. The molecule has 0 amide bonds. The number of hydrogen-bond acceptors (Lipinski definition) is 5. The Morgan fingerprint density at radius 1 is 1.29 bits per heavy atom. The van der Waals surface area contributed by atoms with Crippen LogP contribution in [0.2, 0.25) is 0 Å². The average Bonchev–Trinajstić information content (AvgIpc) is 2.88. The molecule has 1 aliphatic rings. The molecule has 1 aliphatic heterocycles. The van der Waals surface area contributed by atoms with Crippen LogP contribution < -0.4 is 15.4 Å². The standard InChI is InChI=1S/C16H20N4O/c1-3-8-17-16-18-11(2)9-15(20-16)19-13-10-21-14-7-5-4-6-12(13)14/h4-7,9,13H,3,8,10H2,1-2H3,(H2,17,18,19,20). The molecule has 0 fully saturated rings. The SMILES string of the molecule is CCCNc1nc(C)cc(NC2COc3ccccc32)n1. The van der Waals surface area contributed by atoms with E-state index in [1.807, 2.05) is 31.2 Å². The van der Waals surface area contributed by atoms with Gasteiger partial charge in [-0.1, -0.05) is 25.1 Å². The van der Waals surface area contributed by atoms with E-state index in [1.54, 1.807) is 0 Å². The van der Waals surface area contributed by atoms with Gasteiger partial charge in [0.25, 0.3) is 0 Å². The molecule has 2 N–H and O–H groups in total. The lowest BCUT2D eigenvalue weighted by molar-refractivity contribution is 0.339. The quantitative estimate of drug-likeness (QED) is 0.883. The van der Waals surface area contributed by atoms with E-state index < -0.39 is 0 Å². The highest BCUT2D eigenvalue weighted by Crippen LogP contribution is 2.33. The summed E-state index contributed by atoms with van der Waals surface area (Å²) < 4.78 is 5.69. The fourth-order valence-electron chi connectivity index (χ4n) is 2.42. The van der Waals surface area contributed by atoms with Gasteiger partial charge in [-0.2, -0.15) is 4.98 Å². The first-order chi connectivity index (χ1) is 10.3. The summed E-state index contributed by atoms with van der Waals surface area (Å²) in [7, 11) is 0. The number of nitrogens with zero attached hydrogens (tertiary/aromatic N) is 2. The Labute approximate surface area is 124 Å². The highest BCUT2D eigenvalue weighted by molar-refractivity contribution is 5.48. The minimum Gasteiger partial charge on any atom is -0.491 e. The number of fused-ring (bicyclic) bond motifs is 1. The molecule has 5 nitrogen and oxygen atoms in total. The van der Waals surface area contributed by atoms with Crippen LogP contribution in [0.4, 0.5) is 11.8 Å². The van der Waals surface area contributed by atoms with Crippen LogP contribution >= 0.6 is 0 Å². The lowest BCUT2D eigenvalue weighted by Crippen LogP contribution is -2.14. The Hall–Kier alpha value is -2.30. The summed E-state index contributed by atoms with van der Waals surface area (Å²) in [6, 6.07) is 10.2. The van der Waals surface area contributed by atoms with E-state index in [1.165, 1.54) is 5.56 Å². The van der Waals surface area contributed by atoms with Gasteiger partial charge >= 0.3 is 0 Å². The summed E-state index contributed by atoms with van der Waals surface area (Å²) in [5, 5.41) is 6.66. The first-order valence-electron chi connectivity index (χ1n) is 7.34. The topological polar surface area (TPSA) is 59.1 Å². The third-order valence-corrected chi connectivity index (χ3v) is 3.41. The molecular weight excluding hydrogens is 264 g/mol. The molecule has 1 aromatic heterocycles. The zero-order valence-electron chi connectivity index (χ0n) is 12.4. The molecule has 3 rings (SSSR count). The van der Waals surface area contributed by atoms with E-state index in [9.17, 15) is 0 Å². The number of aryl methyl sites for hydroxylation is 1. The molecule has 0 spiro atoms. The number of aromatic nitrogens is 2. The second kappa shape index (κ2) is 5.99. The van der Waals surface area contributed by atoms with Crippen LogP contribution in [0.15, 0.2) is 30.3 Å². The number of anilines is 2. The van der Waals surface area contributed by atoms with Crippen molar-refractivity contribution in [2.75, 3.05) is 23.8 Å². The molecule has 1 atom stereocenters. The Bertz CT molecular complexity index is 629. The molecule has 1 aromatic carbocycles. The van der Waals surface area contributed by atoms with Crippen molar-refractivity contribution in [3.63, 3.8) is 0 Å². The Kier molecular flexibility index (Phi) is 3.90. The predicted octanol–water partition coefficient (Wildman–Crippen LogP) is 3.15. The van der Waals surface area contributed by atoms with Gasteiger partial charge in [0.2, 0.25) is 5.95 Å². The first-order valence-corrected chi connectivity index (χ1v) is 7.34. The van der Waals surface area contributed by atoms with Crippen molar-refractivity contribution in [3.8, 4) is 5.75 Å². The third kappa shape index (κ3) is 3.07. The molecule has 5 heteroatoms. The van der Waals surface area contributed by atoms with Gasteiger partial charge < -0.3 is 15.4 Å². The molecule has 0 saturated carbocycles. The van der Waals surface area contributed by atoms with Gasteiger partial charge in [0.15, 0.2) is 0 Å². The molecule has 1 unspecified atom stereocenters. The lowest BCUT2D eigenvalue weighted by Gasteiger charge is -2.14. The van der Waals surface area contributed by atoms with Gasteiger partial charge in [-0.05, 0) is 19.4 Å². The maximum atomic E-state index is 5.69. The van der Waals surface area contributed by atoms with Crippen molar-refractivity contribution in [2.24, 2.45) is 0 Å². The molecule has 0 radical (unpaired) electrons. The largest absolute Gasteiger partial charge is 0.491 e. The fourth-order valence-corrected chi connectivity index (χ4v) is 2.42.